The summed E-state index contributed by atoms with van der Waals surface area (Å²) in [7, 11) is 0. The molecule has 4 heteroatoms. The van der Waals surface area contributed by atoms with Gasteiger partial charge in [-0.2, -0.15) is 0 Å². The van der Waals surface area contributed by atoms with E-state index in [1.807, 2.05) is 43.9 Å². The lowest BCUT2D eigenvalue weighted by molar-refractivity contribution is -0.0586. The van der Waals surface area contributed by atoms with Gasteiger partial charge in [0.25, 0.3) is 5.91 Å². The highest BCUT2D eigenvalue weighted by molar-refractivity contribution is 14.1. The number of aryl methyl sites for hydroxylation is 1. The summed E-state index contributed by atoms with van der Waals surface area (Å²) >= 11 is 2.25. The number of hydrogen-bond donors (Lipinski definition) is 0. The second-order valence-corrected chi connectivity index (χ2v) is 5.98. The molecule has 1 aromatic rings. The Balaban J connectivity index is 2.23. The van der Waals surface area contributed by atoms with E-state index >= 15 is 0 Å². The lowest BCUT2D eigenvalue weighted by Gasteiger charge is -2.35. The van der Waals surface area contributed by atoms with Crippen LogP contribution in [0.3, 0.4) is 0 Å². The third-order valence-electron chi connectivity index (χ3n) is 3.13. The number of nitrogens with zero attached hydrogens (tertiary/aromatic N) is 1. The number of carbonyl (C=O) groups is 1. The van der Waals surface area contributed by atoms with E-state index in [1.165, 1.54) is 0 Å². The maximum Gasteiger partial charge on any atom is 0.255 e. The van der Waals surface area contributed by atoms with Crippen molar-refractivity contribution < 1.29 is 9.53 Å². The van der Waals surface area contributed by atoms with E-state index in [0.29, 0.717) is 13.1 Å². The summed E-state index contributed by atoms with van der Waals surface area (Å²) in [5.74, 6) is 0.116. The van der Waals surface area contributed by atoms with E-state index in [-0.39, 0.29) is 18.1 Å². The number of benzene rings is 1. The van der Waals surface area contributed by atoms with E-state index in [2.05, 4.69) is 22.6 Å². The number of carbonyl (C=O) groups excluding carboxylic acids is 1. The van der Waals surface area contributed by atoms with Crippen LogP contribution in [0.5, 0.6) is 0 Å². The van der Waals surface area contributed by atoms with Gasteiger partial charge >= 0.3 is 0 Å². The quantitative estimate of drug-likeness (QED) is 0.722. The minimum absolute atomic E-state index is 0.111. The van der Waals surface area contributed by atoms with Crippen molar-refractivity contribution in [3.8, 4) is 0 Å². The van der Waals surface area contributed by atoms with Gasteiger partial charge in [0.1, 0.15) is 0 Å². The van der Waals surface area contributed by atoms with Crippen molar-refractivity contribution in [2.75, 3.05) is 13.1 Å². The average Bonchev–Trinajstić information content (AvgIpc) is 2.30. The Morgan fingerprint density at radius 2 is 1.94 bits per heavy atom. The summed E-state index contributed by atoms with van der Waals surface area (Å²) in [5.41, 5.74) is 1.95. The molecule has 0 saturated carbocycles. The minimum atomic E-state index is 0.111. The van der Waals surface area contributed by atoms with Gasteiger partial charge in [-0.15, -0.1) is 0 Å². The van der Waals surface area contributed by atoms with Crippen molar-refractivity contribution in [1.82, 2.24) is 4.90 Å². The van der Waals surface area contributed by atoms with E-state index in [1.54, 1.807) is 0 Å². The lowest BCUT2D eigenvalue weighted by atomic mass is 10.1. The van der Waals surface area contributed by atoms with Crippen LogP contribution in [0.4, 0.5) is 0 Å². The van der Waals surface area contributed by atoms with Crippen LogP contribution in [0, 0.1) is 10.5 Å². The molecule has 1 amide bonds. The van der Waals surface area contributed by atoms with Crippen LogP contribution < -0.4 is 0 Å². The first-order valence-corrected chi connectivity index (χ1v) is 7.26. The van der Waals surface area contributed by atoms with E-state index in [0.717, 1.165) is 14.7 Å². The first kappa shape index (κ1) is 13.8. The van der Waals surface area contributed by atoms with Gasteiger partial charge < -0.3 is 9.64 Å². The Kier molecular flexibility index (Phi) is 4.27. The van der Waals surface area contributed by atoms with Gasteiger partial charge in [0, 0.05) is 16.7 Å². The Labute approximate surface area is 122 Å². The maximum absolute atomic E-state index is 12.5. The highest BCUT2D eigenvalue weighted by Crippen LogP contribution is 2.20. The molecule has 98 valence electrons. The van der Waals surface area contributed by atoms with E-state index < -0.39 is 0 Å². The van der Waals surface area contributed by atoms with Crippen LogP contribution in [-0.2, 0) is 4.74 Å². The predicted octanol–water partition coefficient (Wildman–Crippen LogP) is 2.85. The van der Waals surface area contributed by atoms with Crippen molar-refractivity contribution in [2.45, 2.75) is 33.0 Å². The molecule has 1 saturated heterocycles. The molecule has 1 aromatic carbocycles. The predicted molar refractivity (Wildman–Crippen MR) is 79.8 cm³/mol. The van der Waals surface area contributed by atoms with Crippen molar-refractivity contribution in [3.63, 3.8) is 0 Å². The third kappa shape index (κ3) is 2.85. The molecule has 3 nitrogen and oxygen atoms in total. The topological polar surface area (TPSA) is 29.5 Å². The Morgan fingerprint density at radius 3 is 2.56 bits per heavy atom. The summed E-state index contributed by atoms with van der Waals surface area (Å²) in [5, 5.41) is 0. The van der Waals surface area contributed by atoms with Crippen LogP contribution in [0.2, 0.25) is 0 Å². The van der Waals surface area contributed by atoms with Gasteiger partial charge in [-0.05, 0) is 55.0 Å². The monoisotopic (exact) mass is 359 g/mol. The molecule has 1 aliphatic rings. The molecule has 0 N–H and O–H groups in total. The van der Waals surface area contributed by atoms with Crippen LogP contribution in [0.1, 0.15) is 29.8 Å². The molecule has 18 heavy (non-hydrogen) atoms. The van der Waals surface area contributed by atoms with Crippen LogP contribution in [0.25, 0.3) is 0 Å². The fourth-order valence-electron chi connectivity index (χ4n) is 2.33. The number of ether oxygens (including phenoxy) is 1. The zero-order valence-electron chi connectivity index (χ0n) is 10.9. The number of amides is 1. The zero-order valence-corrected chi connectivity index (χ0v) is 13.1. The van der Waals surface area contributed by atoms with Gasteiger partial charge in [0.15, 0.2) is 0 Å². The summed E-state index contributed by atoms with van der Waals surface area (Å²) < 4.78 is 6.71. The van der Waals surface area contributed by atoms with Crippen molar-refractivity contribution >= 4 is 28.5 Å². The molecule has 2 atom stereocenters. The summed E-state index contributed by atoms with van der Waals surface area (Å²) in [6.45, 7) is 7.40. The maximum atomic E-state index is 12.5. The van der Waals surface area contributed by atoms with Crippen LogP contribution in [-0.4, -0.2) is 36.1 Å². The molecule has 0 aromatic heterocycles. The summed E-state index contributed by atoms with van der Waals surface area (Å²) in [6.07, 6.45) is 0.223. The standard InChI is InChI=1S/C14H18INO2/c1-9-5-4-6-12(13(9)15)14(17)16-7-10(2)18-11(3)8-16/h4-6,10-11H,7-8H2,1-3H3/t10-,11+. The normalized spacial score (nSPS) is 24.1. The highest BCUT2D eigenvalue weighted by atomic mass is 127. The fraction of sp³-hybridized carbons (Fsp3) is 0.500. The van der Waals surface area contributed by atoms with Gasteiger partial charge in [0.05, 0.1) is 17.8 Å². The zero-order chi connectivity index (χ0) is 13.3. The van der Waals surface area contributed by atoms with Gasteiger partial charge in [0.2, 0.25) is 0 Å². The van der Waals surface area contributed by atoms with E-state index in [9.17, 15) is 4.79 Å². The molecular weight excluding hydrogens is 341 g/mol. The van der Waals surface area contributed by atoms with Crippen molar-refractivity contribution in [2.24, 2.45) is 0 Å². The highest BCUT2D eigenvalue weighted by Gasteiger charge is 2.27. The number of hydrogen-bond acceptors (Lipinski definition) is 2. The second-order valence-electron chi connectivity index (χ2n) is 4.90. The SMILES string of the molecule is Cc1cccc(C(=O)N2C[C@@H](C)O[C@@H](C)C2)c1I. The number of rotatable bonds is 1. The number of halogens is 1. The molecule has 0 spiro atoms. The van der Waals surface area contributed by atoms with Crippen LogP contribution in [0.15, 0.2) is 18.2 Å². The second kappa shape index (κ2) is 5.57. The fourth-order valence-corrected chi connectivity index (χ4v) is 2.92. The Morgan fingerprint density at radius 1 is 1.33 bits per heavy atom. The summed E-state index contributed by atoms with van der Waals surface area (Å²) in [6, 6.07) is 5.88. The third-order valence-corrected chi connectivity index (χ3v) is 4.56. The van der Waals surface area contributed by atoms with Gasteiger partial charge in [-0.3, -0.25) is 4.79 Å². The van der Waals surface area contributed by atoms with Crippen molar-refractivity contribution in [3.05, 3.63) is 32.9 Å². The van der Waals surface area contributed by atoms with Gasteiger partial charge in [-0.25, -0.2) is 0 Å². The Bertz CT molecular complexity index is 451. The molecule has 1 heterocycles. The molecule has 0 bridgehead atoms. The van der Waals surface area contributed by atoms with Gasteiger partial charge in [-0.1, -0.05) is 12.1 Å². The number of morpholine rings is 1. The smallest absolute Gasteiger partial charge is 0.255 e. The molecule has 1 aliphatic heterocycles. The molecule has 0 aliphatic carbocycles. The molecule has 0 unspecified atom stereocenters. The first-order chi connectivity index (χ1) is 8.49. The lowest BCUT2D eigenvalue weighted by Crippen LogP contribution is -2.48. The largest absolute Gasteiger partial charge is 0.372 e. The van der Waals surface area contributed by atoms with Crippen molar-refractivity contribution in [1.29, 1.82) is 0 Å². The summed E-state index contributed by atoms with van der Waals surface area (Å²) in [4.78, 5) is 14.4. The van der Waals surface area contributed by atoms with Crippen LogP contribution >= 0.6 is 22.6 Å². The molecular formula is C14H18INO2. The first-order valence-electron chi connectivity index (χ1n) is 6.19. The Hall–Kier alpha value is -0.620. The van der Waals surface area contributed by atoms with E-state index in [4.69, 9.17) is 4.74 Å². The molecule has 1 fully saturated rings. The molecule has 0 radical (unpaired) electrons. The average molecular weight is 359 g/mol. The minimum Gasteiger partial charge on any atom is -0.372 e. The molecule has 2 rings (SSSR count).